The zero-order chi connectivity index (χ0) is 17.0. The average molecular weight is 301 g/mol. The molecule has 0 bridgehead atoms. The normalized spacial score (nSPS) is 11.5. The van der Waals surface area contributed by atoms with E-state index in [2.05, 4.69) is 25.8 Å². The lowest BCUT2D eigenvalue weighted by Gasteiger charge is -2.21. The van der Waals surface area contributed by atoms with E-state index in [-0.39, 0.29) is 23.2 Å². The van der Waals surface area contributed by atoms with Crippen molar-refractivity contribution in [3.63, 3.8) is 0 Å². The van der Waals surface area contributed by atoms with Gasteiger partial charge in [-0.2, -0.15) is 0 Å². The number of hydrogen-bond donors (Lipinski definition) is 0. The quantitative estimate of drug-likeness (QED) is 0.728. The summed E-state index contributed by atoms with van der Waals surface area (Å²) in [6, 6.07) is 0. The SMILES string of the molecule is CC(C)C.Cc1c(F)c(OC(C)C)nc(C(C)(C)C)c1F. The van der Waals surface area contributed by atoms with Crippen molar-refractivity contribution in [2.45, 2.75) is 73.8 Å². The third-order valence-electron chi connectivity index (χ3n) is 2.33. The molecule has 0 aromatic carbocycles. The second-order valence-corrected chi connectivity index (χ2v) is 7.17. The standard InChI is InChI=1S/C13H19F2NO.C4H10/c1-7(2)17-12-10(15)8(3)9(14)11(16-12)13(4,5)6;1-4(2)3/h7H,1-6H3;4H,1-3H3. The van der Waals surface area contributed by atoms with E-state index in [4.69, 9.17) is 4.74 Å². The second kappa shape index (κ2) is 7.71. The fourth-order valence-corrected chi connectivity index (χ4v) is 1.43. The molecule has 0 amide bonds. The summed E-state index contributed by atoms with van der Waals surface area (Å²) in [6.07, 6.45) is -0.199. The zero-order valence-corrected chi connectivity index (χ0v) is 14.8. The highest BCUT2D eigenvalue weighted by Gasteiger charge is 2.26. The van der Waals surface area contributed by atoms with Crippen LogP contribution in [-0.4, -0.2) is 11.1 Å². The van der Waals surface area contributed by atoms with Gasteiger partial charge in [0.1, 0.15) is 0 Å². The molecule has 1 aromatic rings. The van der Waals surface area contributed by atoms with Crippen molar-refractivity contribution >= 4 is 0 Å². The number of aromatic nitrogens is 1. The van der Waals surface area contributed by atoms with E-state index in [1.54, 1.807) is 13.8 Å². The van der Waals surface area contributed by atoms with E-state index in [0.717, 1.165) is 5.92 Å². The van der Waals surface area contributed by atoms with Crippen LogP contribution in [0, 0.1) is 24.5 Å². The number of halogens is 2. The minimum absolute atomic E-state index is 0.0411. The van der Waals surface area contributed by atoms with Crippen LogP contribution in [0.4, 0.5) is 8.78 Å². The summed E-state index contributed by atoms with van der Waals surface area (Å²) in [7, 11) is 0. The predicted octanol–water partition coefficient (Wildman–Crippen LogP) is 5.42. The Morgan fingerprint density at radius 2 is 1.38 bits per heavy atom. The van der Waals surface area contributed by atoms with Crippen molar-refractivity contribution in [1.82, 2.24) is 4.98 Å². The predicted molar refractivity (Wildman–Crippen MR) is 83.9 cm³/mol. The molecule has 1 rings (SSSR count). The average Bonchev–Trinajstić information content (AvgIpc) is 2.27. The van der Waals surface area contributed by atoms with Crippen LogP contribution in [0.5, 0.6) is 5.88 Å². The van der Waals surface area contributed by atoms with E-state index in [9.17, 15) is 8.78 Å². The van der Waals surface area contributed by atoms with Crippen molar-refractivity contribution < 1.29 is 13.5 Å². The van der Waals surface area contributed by atoms with E-state index in [1.807, 2.05) is 20.8 Å². The van der Waals surface area contributed by atoms with Gasteiger partial charge in [-0.1, -0.05) is 41.5 Å². The van der Waals surface area contributed by atoms with Gasteiger partial charge in [-0.25, -0.2) is 13.8 Å². The first kappa shape index (κ1) is 19.8. The molecule has 1 heterocycles. The molecule has 0 N–H and O–H groups in total. The number of hydrogen-bond acceptors (Lipinski definition) is 2. The van der Waals surface area contributed by atoms with Crippen LogP contribution in [0.25, 0.3) is 0 Å². The highest BCUT2D eigenvalue weighted by Crippen LogP contribution is 2.30. The molecule has 0 radical (unpaired) electrons. The molecular formula is C17H29F2NO. The van der Waals surface area contributed by atoms with E-state index >= 15 is 0 Å². The maximum Gasteiger partial charge on any atom is 0.251 e. The lowest BCUT2D eigenvalue weighted by atomic mass is 9.90. The van der Waals surface area contributed by atoms with Crippen LogP contribution in [0.2, 0.25) is 0 Å². The second-order valence-electron chi connectivity index (χ2n) is 7.17. The van der Waals surface area contributed by atoms with Crippen LogP contribution in [0.3, 0.4) is 0 Å². The Labute approximate surface area is 127 Å². The Kier molecular flexibility index (Phi) is 7.28. The summed E-state index contributed by atoms with van der Waals surface area (Å²) in [5, 5.41) is 0. The van der Waals surface area contributed by atoms with Gasteiger partial charge in [-0.15, -0.1) is 0 Å². The van der Waals surface area contributed by atoms with Crippen molar-refractivity contribution in [3.8, 4) is 5.88 Å². The Hall–Kier alpha value is -1.19. The van der Waals surface area contributed by atoms with Crippen LogP contribution >= 0.6 is 0 Å². The molecule has 21 heavy (non-hydrogen) atoms. The minimum atomic E-state index is -0.718. The molecule has 122 valence electrons. The fraction of sp³-hybridized carbons (Fsp3) is 0.706. The van der Waals surface area contributed by atoms with Crippen LogP contribution in [0.15, 0.2) is 0 Å². The highest BCUT2D eigenvalue weighted by molar-refractivity contribution is 5.31. The summed E-state index contributed by atoms with van der Waals surface area (Å²) < 4.78 is 32.9. The third kappa shape index (κ3) is 6.40. The van der Waals surface area contributed by atoms with Gasteiger partial charge in [0.2, 0.25) is 0 Å². The van der Waals surface area contributed by atoms with Crippen LogP contribution in [-0.2, 0) is 5.41 Å². The number of ether oxygens (including phenoxy) is 1. The molecule has 0 atom stereocenters. The largest absolute Gasteiger partial charge is 0.473 e. The molecule has 0 saturated carbocycles. The van der Waals surface area contributed by atoms with Gasteiger partial charge in [0, 0.05) is 11.0 Å². The summed E-state index contributed by atoms with van der Waals surface area (Å²) >= 11 is 0. The Bertz CT molecular complexity index is 460. The minimum Gasteiger partial charge on any atom is -0.473 e. The van der Waals surface area contributed by atoms with Gasteiger partial charge in [0.05, 0.1) is 11.8 Å². The van der Waals surface area contributed by atoms with Crippen molar-refractivity contribution in [3.05, 3.63) is 22.9 Å². The maximum atomic E-state index is 13.9. The van der Waals surface area contributed by atoms with Gasteiger partial charge in [0.25, 0.3) is 5.88 Å². The van der Waals surface area contributed by atoms with Crippen LogP contribution in [0.1, 0.15) is 66.6 Å². The van der Waals surface area contributed by atoms with E-state index < -0.39 is 17.0 Å². The van der Waals surface area contributed by atoms with Gasteiger partial charge >= 0.3 is 0 Å². The van der Waals surface area contributed by atoms with Gasteiger partial charge in [0.15, 0.2) is 11.6 Å². The summed E-state index contributed by atoms with van der Waals surface area (Å²) in [5.41, 5.74) is -0.301. The number of nitrogens with zero attached hydrogens (tertiary/aromatic N) is 1. The molecular weight excluding hydrogens is 272 g/mol. The zero-order valence-electron chi connectivity index (χ0n) is 14.8. The molecule has 4 heteroatoms. The summed E-state index contributed by atoms with van der Waals surface area (Å²) in [6.45, 7) is 16.9. The smallest absolute Gasteiger partial charge is 0.251 e. The molecule has 0 unspecified atom stereocenters. The molecule has 0 saturated heterocycles. The Balaban J connectivity index is 0.000000885. The molecule has 2 nitrogen and oxygen atoms in total. The first-order valence-corrected chi connectivity index (χ1v) is 7.40. The lowest BCUT2D eigenvalue weighted by molar-refractivity contribution is 0.217. The van der Waals surface area contributed by atoms with E-state index in [1.165, 1.54) is 6.92 Å². The topological polar surface area (TPSA) is 22.1 Å². The molecule has 1 aromatic heterocycles. The molecule has 0 aliphatic rings. The molecule has 0 fully saturated rings. The van der Waals surface area contributed by atoms with Crippen LogP contribution < -0.4 is 4.74 Å². The first-order valence-electron chi connectivity index (χ1n) is 7.40. The summed E-state index contributed by atoms with van der Waals surface area (Å²) in [5.74, 6) is -0.598. The molecule has 0 aliphatic carbocycles. The molecule has 0 spiro atoms. The third-order valence-corrected chi connectivity index (χ3v) is 2.33. The lowest BCUT2D eigenvalue weighted by Crippen LogP contribution is -2.20. The first-order chi connectivity index (χ1) is 9.37. The van der Waals surface area contributed by atoms with Crippen molar-refractivity contribution in [2.75, 3.05) is 0 Å². The van der Waals surface area contributed by atoms with Gasteiger partial charge in [-0.05, 0) is 26.7 Å². The number of pyridine rings is 1. The highest BCUT2D eigenvalue weighted by atomic mass is 19.1. The molecule has 0 aliphatic heterocycles. The summed E-state index contributed by atoms with van der Waals surface area (Å²) in [4.78, 5) is 3.97. The van der Waals surface area contributed by atoms with Crippen molar-refractivity contribution in [1.29, 1.82) is 0 Å². The van der Waals surface area contributed by atoms with Gasteiger partial charge < -0.3 is 4.74 Å². The Morgan fingerprint density at radius 1 is 0.952 bits per heavy atom. The monoisotopic (exact) mass is 301 g/mol. The number of rotatable bonds is 2. The van der Waals surface area contributed by atoms with Gasteiger partial charge in [-0.3, -0.25) is 0 Å². The van der Waals surface area contributed by atoms with Crippen molar-refractivity contribution in [2.24, 2.45) is 5.92 Å². The fourth-order valence-electron chi connectivity index (χ4n) is 1.43. The maximum absolute atomic E-state index is 13.9. The van der Waals surface area contributed by atoms with E-state index in [0.29, 0.717) is 0 Å². The Morgan fingerprint density at radius 3 is 1.71 bits per heavy atom.